The Hall–Kier alpha value is -2.62. The summed E-state index contributed by atoms with van der Waals surface area (Å²) in [5.74, 6) is 1.02. The fourth-order valence-corrected chi connectivity index (χ4v) is 4.93. The summed E-state index contributed by atoms with van der Waals surface area (Å²) in [6.07, 6.45) is 0. The maximum atomic E-state index is 12.9. The molecule has 1 amide bonds. The molecule has 1 N–H and O–H groups in total. The minimum absolute atomic E-state index is 0.138. The van der Waals surface area contributed by atoms with Crippen molar-refractivity contribution in [2.45, 2.75) is 11.4 Å². The van der Waals surface area contributed by atoms with E-state index >= 15 is 0 Å². The molecule has 2 aliphatic rings. The van der Waals surface area contributed by atoms with E-state index in [2.05, 4.69) is 10.2 Å². The van der Waals surface area contributed by atoms with Crippen molar-refractivity contribution in [3.05, 3.63) is 53.6 Å². The second-order valence-corrected chi connectivity index (χ2v) is 9.33. The molecule has 1 fully saturated rings. The molecule has 0 saturated carbocycles. The third-order valence-electron chi connectivity index (χ3n) is 5.26. The summed E-state index contributed by atoms with van der Waals surface area (Å²) in [5.41, 5.74) is 1.18. The molecule has 0 atom stereocenters. The summed E-state index contributed by atoms with van der Waals surface area (Å²) in [6.45, 7) is 3.58. The molecule has 2 aromatic rings. The number of benzene rings is 2. The van der Waals surface area contributed by atoms with E-state index in [9.17, 15) is 13.2 Å². The molecule has 2 aromatic carbocycles. The SMILES string of the molecule is CN1CCN(S(=O)(=O)c2cccc(C(=O)NCc3ccc4c(c3)OCCO4)c2)CC1. The molecule has 2 aliphatic heterocycles. The van der Waals surface area contributed by atoms with Crippen LogP contribution >= 0.6 is 0 Å². The van der Waals surface area contributed by atoms with Crippen LogP contribution in [0.15, 0.2) is 47.4 Å². The first kappa shape index (κ1) is 20.6. The van der Waals surface area contributed by atoms with Crippen LogP contribution in [-0.2, 0) is 16.6 Å². The van der Waals surface area contributed by atoms with E-state index in [1.165, 1.54) is 16.4 Å². The van der Waals surface area contributed by atoms with E-state index < -0.39 is 10.0 Å². The molecule has 1 saturated heterocycles. The van der Waals surface area contributed by atoms with Crippen LogP contribution in [0.25, 0.3) is 0 Å². The van der Waals surface area contributed by atoms with Crippen molar-refractivity contribution in [1.82, 2.24) is 14.5 Å². The zero-order valence-electron chi connectivity index (χ0n) is 16.8. The zero-order valence-corrected chi connectivity index (χ0v) is 17.7. The van der Waals surface area contributed by atoms with Crippen LogP contribution in [0, 0.1) is 0 Å². The maximum absolute atomic E-state index is 12.9. The molecule has 9 heteroatoms. The summed E-state index contributed by atoms with van der Waals surface area (Å²) in [6, 6.07) is 11.7. The Morgan fingerprint density at radius 1 is 1.00 bits per heavy atom. The highest BCUT2D eigenvalue weighted by molar-refractivity contribution is 7.89. The van der Waals surface area contributed by atoms with Gasteiger partial charge in [-0.05, 0) is 42.9 Å². The van der Waals surface area contributed by atoms with E-state index in [0.717, 1.165) is 5.56 Å². The van der Waals surface area contributed by atoms with Gasteiger partial charge in [-0.3, -0.25) is 4.79 Å². The first-order chi connectivity index (χ1) is 14.4. The van der Waals surface area contributed by atoms with Crippen LogP contribution in [0.3, 0.4) is 0 Å². The highest BCUT2D eigenvalue weighted by Gasteiger charge is 2.28. The number of rotatable bonds is 5. The lowest BCUT2D eigenvalue weighted by molar-refractivity contribution is 0.0950. The number of ether oxygens (including phenoxy) is 2. The van der Waals surface area contributed by atoms with Crippen LogP contribution in [0.4, 0.5) is 0 Å². The minimum atomic E-state index is -3.62. The number of hydrogen-bond acceptors (Lipinski definition) is 6. The normalized spacial score (nSPS) is 17.5. The number of amides is 1. The molecule has 0 radical (unpaired) electrons. The number of fused-ring (bicyclic) bond motifs is 1. The van der Waals surface area contributed by atoms with E-state index in [1.807, 2.05) is 25.2 Å². The number of likely N-dealkylation sites (N-methyl/N-ethyl adjacent to an activating group) is 1. The van der Waals surface area contributed by atoms with Crippen LogP contribution in [0.5, 0.6) is 11.5 Å². The topological polar surface area (TPSA) is 88.2 Å². The van der Waals surface area contributed by atoms with Gasteiger partial charge in [-0.1, -0.05) is 12.1 Å². The van der Waals surface area contributed by atoms with Crippen LogP contribution in [-0.4, -0.2) is 70.0 Å². The van der Waals surface area contributed by atoms with Crippen molar-refractivity contribution in [1.29, 1.82) is 0 Å². The molecule has 0 aromatic heterocycles. The van der Waals surface area contributed by atoms with Crippen molar-refractivity contribution in [2.75, 3.05) is 46.4 Å². The van der Waals surface area contributed by atoms with Gasteiger partial charge in [0.05, 0.1) is 4.90 Å². The monoisotopic (exact) mass is 431 g/mol. The van der Waals surface area contributed by atoms with Gasteiger partial charge < -0.3 is 19.7 Å². The van der Waals surface area contributed by atoms with E-state index in [-0.39, 0.29) is 10.8 Å². The van der Waals surface area contributed by atoms with Gasteiger partial charge in [-0.15, -0.1) is 0 Å². The molecule has 0 spiro atoms. The van der Waals surface area contributed by atoms with Crippen LogP contribution in [0.1, 0.15) is 15.9 Å². The van der Waals surface area contributed by atoms with Gasteiger partial charge in [0, 0.05) is 38.3 Å². The average molecular weight is 432 g/mol. The summed E-state index contributed by atoms with van der Waals surface area (Å²) in [5, 5.41) is 2.84. The fraction of sp³-hybridized carbons (Fsp3) is 0.381. The third kappa shape index (κ3) is 4.43. The predicted octanol–water partition coefficient (Wildman–Crippen LogP) is 1.32. The maximum Gasteiger partial charge on any atom is 0.251 e. The molecule has 4 rings (SSSR count). The van der Waals surface area contributed by atoms with Crippen molar-refractivity contribution in [3.63, 3.8) is 0 Å². The Morgan fingerprint density at radius 2 is 1.73 bits per heavy atom. The number of nitrogens with one attached hydrogen (secondary N) is 1. The van der Waals surface area contributed by atoms with Gasteiger partial charge >= 0.3 is 0 Å². The van der Waals surface area contributed by atoms with Gasteiger partial charge in [0.25, 0.3) is 5.91 Å². The number of sulfonamides is 1. The highest BCUT2D eigenvalue weighted by atomic mass is 32.2. The predicted molar refractivity (Wildman–Crippen MR) is 111 cm³/mol. The first-order valence-corrected chi connectivity index (χ1v) is 11.3. The lowest BCUT2D eigenvalue weighted by atomic mass is 10.1. The second kappa shape index (κ2) is 8.63. The Bertz CT molecular complexity index is 1030. The van der Waals surface area contributed by atoms with Gasteiger partial charge in [0.15, 0.2) is 11.5 Å². The lowest BCUT2D eigenvalue weighted by Crippen LogP contribution is -2.47. The van der Waals surface area contributed by atoms with E-state index in [4.69, 9.17) is 9.47 Å². The molecular formula is C21H25N3O5S. The number of carbonyl (C=O) groups is 1. The highest BCUT2D eigenvalue weighted by Crippen LogP contribution is 2.30. The summed E-state index contributed by atoms with van der Waals surface area (Å²) in [7, 11) is -1.65. The van der Waals surface area contributed by atoms with Crippen LogP contribution < -0.4 is 14.8 Å². The Morgan fingerprint density at radius 3 is 2.50 bits per heavy atom. The van der Waals surface area contributed by atoms with Crippen molar-refractivity contribution in [2.24, 2.45) is 0 Å². The van der Waals surface area contributed by atoms with Crippen molar-refractivity contribution >= 4 is 15.9 Å². The molecule has 8 nitrogen and oxygen atoms in total. The van der Waals surface area contributed by atoms with E-state index in [0.29, 0.717) is 63.0 Å². The Balaban J connectivity index is 1.44. The van der Waals surface area contributed by atoms with Gasteiger partial charge in [-0.25, -0.2) is 8.42 Å². The quantitative estimate of drug-likeness (QED) is 0.768. The number of carbonyl (C=O) groups excluding carboxylic acids is 1. The van der Waals surface area contributed by atoms with E-state index in [1.54, 1.807) is 12.1 Å². The average Bonchev–Trinajstić information content (AvgIpc) is 2.77. The number of hydrogen-bond donors (Lipinski definition) is 1. The Labute approximate surface area is 176 Å². The molecule has 0 bridgehead atoms. The molecular weight excluding hydrogens is 406 g/mol. The third-order valence-corrected chi connectivity index (χ3v) is 7.15. The molecule has 30 heavy (non-hydrogen) atoms. The number of nitrogens with zero attached hydrogens (tertiary/aromatic N) is 2. The number of piperazine rings is 1. The van der Waals surface area contributed by atoms with Crippen molar-refractivity contribution in [3.8, 4) is 11.5 Å². The first-order valence-electron chi connectivity index (χ1n) is 9.89. The van der Waals surface area contributed by atoms with Gasteiger partial charge in [-0.2, -0.15) is 4.31 Å². The van der Waals surface area contributed by atoms with Gasteiger partial charge in [0.1, 0.15) is 13.2 Å². The minimum Gasteiger partial charge on any atom is -0.486 e. The van der Waals surface area contributed by atoms with Crippen molar-refractivity contribution < 1.29 is 22.7 Å². The zero-order chi connectivity index (χ0) is 21.1. The second-order valence-electron chi connectivity index (χ2n) is 7.40. The lowest BCUT2D eigenvalue weighted by Gasteiger charge is -2.31. The fourth-order valence-electron chi connectivity index (χ4n) is 3.46. The van der Waals surface area contributed by atoms with Crippen LogP contribution in [0.2, 0.25) is 0 Å². The standard InChI is InChI=1S/C21H25N3O5S/c1-23-7-9-24(10-8-23)30(26,27)18-4-2-3-17(14-18)21(25)22-15-16-5-6-19-20(13-16)29-12-11-28-19/h2-6,13-14H,7-12,15H2,1H3,(H,22,25). The molecule has 160 valence electrons. The largest absolute Gasteiger partial charge is 0.486 e. The molecule has 0 aliphatic carbocycles. The summed E-state index contributed by atoms with van der Waals surface area (Å²) >= 11 is 0. The van der Waals surface area contributed by atoms with Gasteiger partial charge in [0.2, 0.25) is 10.0 Å². The summed E-state index contributed by atoms with van der Waals surface area (Å²) in [4.78, 5) is 14.9. The summed E-state index contributed by atoms with van der Waals surface area (Å²) < 4.78 is 38.4. The Kier molecular flexibility index (Phi) is 5.94. The smallest absolute Gasteiger partial charge is 0.251 e. The molecule has 2 heterocycles. The molecule has 0 unspecified atom stereocenters.